The lowest BCUT2D eigenvalue weighted by Crippen LogP contribution is -2.05. The Hall–Kier alpha value is -5.23. The zero-order chi connectivity index (χ0) is 26.5. The lowest BCUT2D eigenvalue weighted by Gasteiger charge is -2.18. The summed E-state index contributed by atoms with van der Waals surface area (Å²) in [6.45, 7) is 0.650. The van der Waals surface area contributed by atoms with Crippen LogP contribution in [0, 0.1) is 11.3 Å². The van der Waals surface area contributed by atoms with E-state index >= 15 is 0 Å². The normalized spacial score (nSPS) is 10.6. The van der Waals surface area contributed by atoms with Crippen LogP contribution in [0.15, 0.2) is 79.0 Å². The van der Waals surface area contributed by atoms with Crippen LogP contribution in [0.5, 0.6) is 11.6 Å². The summed E-state index contributed by atoms with van der Waals surface area (Å²) in [6.07, 6.45) is 1.99. The molecule has 4 N–H and O–H groups in total. The summed E-state index contributed by atoms with van der Waals surface area (Å²) in [5, 5.41) is 22.8. The quantitative estimate of drug-likeness (QED) is 0.193. The first kappa shape index (κ1) is 24.5. The van der Waals surface area contributed by atoms with Gasteiger partial charge in [0.05, 0.1) is 28.4 Å². The molecule has 0 radical (unpaired) electrons. The van der Waals surface area contributed by atoms with Crippen LogP contribution >= 0.6 is 0 Å². The maximum absolute atomic E-state index is 9.13. The van der Waals surface area contributed by atoms with Crippen LogP contribution in [0.3, 0.4) is 0 Å². The topological polar surface area (TPSA) is 112 Å². The van der Waals surface area contributed by atoms with Gasteiger partial charge in [-0.15, -0.1) is 0 Å². The van der Waals surface area contributed by atoms with Crippen LogP contribution in [0.4, 0.5) is 28.7 Å². The number of nitrogens with one attached hydrogen (secondary N) is 4. The molecule has 0 aliphatic heterocycles. The molecule has 0 bridgehead atoms. The van der Waals surface area contributed by atoms with E-state index < -0.39 is 0 Å². The van der Waals surface area contributed by atoms with Gasteiger partial charge in [0.25, 0.3) is 0 Å². The Balaban J connectivity index is 1.61. The van der Waals surface area contributed by atoms with Gasteiger partial charge in [0.2, 0.25) is 11.8 Å². The third kappa shape index (κ3) is 5.01. The van der Waals surface area contributed by atoms with Crippen molar-refractivity contribution in [2.45, 2.75) is 6.54 Å². The molecule has 9 nitrogen and oxygen atoms in total. The Morgan fingerprint density at radius 1 is 0.842 bits per heavy atom. The molecule has 0 saturated heterocycles. The van der Waals surface area contributed by atoms with E-state index in [1.165, 1.54) is 0 Å². The summed E-state index contributed by atoms with van der Waals surface area (Å²) in [6, 6.07) is 25.4. The number of nitrogens with zero attached hydrogens (tertiary/aromatic N) is 4. The maximum Gasteiger partial charge on any atom is 0.233 e. The van der Waals surface area contributed by atoms with E-state index in [1.807, 2.05) is 75.9 Å². The molecule has 0 spiro atoms. The molecule has 0 amide bonds. The average Bonchev–Trinajstić information content (AvgIpc) is 3.36. The molecule has 5 aromatic rings. The maximum atomic E-state index is 9.13. The highest BCUT2D eigenvalue weighted by Gasteiger charge is 2.18. The van der Waals surface area contributed by atoms with E-state index in [9.17, 15) is 0 Å². The van der Waals surface area contributed by atoms with Crippen molar-refractivity contribution in [2.75, 3.05) is 42.4 Å². The predicted molar refractivity (Wildman–Crippen MR) is 153 cm³/mol. The molecule has 38 heavy (non-hydrogen) atoms. The van der Waals surface area contributed by atoms with E-state index in [0.717, 1.165) is 39.3 Å². The summed E-state index contributed by atoms with van der Waals surface area (Å²) in [7, 11) is 5.58. The van der Waals surface area contributed by atoms with Crippen molar-refractivity contribution in [3.05, 3.63) is 90.1 Å². The second kappa shape index (κ2) is 10.8. The van der Waals surface area contributed by atoms with Crippen molar-refractivity contribution in [3.63, 3.8) is 0 Å². The predicted octanol–water partition coefficient (Wildman–Crippen LogP) is 6.01. The molecule has 3 aromatic carbocycles. The molecule has 0 atom stereocenters. The number of rotatable bonds is 9. The zero-order valence-electron chi connectivity index (χ0n) is 21.4. The van der Waals surface area contributed by atoms with Crippen LogP contribution in [-0.2, 0) is 6.54 Å². The number of fused-ring (bicyclic) bond motifs is 1. The SMILES string of the molecule is CNc1cc(NC)c(Oc2nc(Nc3ccc(C#N)cc3)nc3c2ccn3Cc2ccccc2)c(NC)c1. The van der Waals surface area contributed by atoms with E-state index in [1.54, 1.807) is 12.1 Å². The lowest BCUT2D eigenvalue weighted by atomic mass is 10.2. The first-order chi connectivity index (χ1) is 18.6. The monoisotopic (exact) mass is 504 g/mol. The molecule has 190 valence electrons. The summed E-state index contributed by atoms with van der Waals surface area (Å²) in [5.41, 5.74) is 5.79. The lowest BCUT2D eigenvalue weighted by molar-refractivity contribution is 0.473. The van der Waals surface area contributed by atoms with Gasteiger partial charge in [-0.1, -0.05) is 30.3 Å². The van der Waals surface area contributed by atoms with Crippen LogP contribution in [0.2, 0.25) is 0 Å². The molecular formula is C29H28N8O. The van der Waals surface area contributed by atoms with Crippen LogP contribution in [0.1, 0.15) is 11.1 Å². The molecule has 2 heterocycles. The molecule has 0 fully saturated rings. The van der Waals surface area contributed by atoms with Crippen LogP contribution < -0.4 is 26.0 Å². The highest BCUT2D eigenvalue weighted by molar-refractivity contribution is 5.85. The number of ether oxygens (including phenoxy) is 1. The van der Waals surface area contributed by atoms with E-state index in [0.29, 0.717) is 29.7 Å². The van der Waals surface area contributed by atoms with Gasteiger partial charge in [0.1, 0.15) is 5.65 Å². The molecule has 9 heteroatoms. The molecule has 0 saturated carbocycles. The fourth-order valence-electron chi connectivity index (χ4n) is 4.19. The van der Waals surface area contributed by atoms with Gasteiger partial charge in [-0.2, -0.15) is 15.2 Å². The van der Waals surface area contributed by atoms with Gasteiger partial charge in [-0.3, -0.25) is 0 Å². The van der Waals surface area contributed by atoms with E-state index in [2.05, 4.69) is 44.0 Å². The Morgan fingerprint density at radius 3 is 2.18 bits per heavy atom. The highest BCUT2D eigenvalue weighted by atomic mass is 16.5. The Kier molecular flexibility index (Phi) is 6.95. The number of hydrogen-bond donors (Lipinski definition) is 4. The molecule has 0 unspecified atom stereocenters. The largest absolute Gasteiger partial charge is 0.434 e. The zero-order valence-corrected chi connectivity index (χ0v) is 21.4. The Bertz CT molecular complexity index is 1580. The van der Waals surface area contributed by atoms with Gasteiger partial charge in [0.15, 0.2) is 5.75 Å². The van der Waals surface area contributed by atoms with Gasteiger partial charge in [-0.25, -0.2) is 0 Å². The van der Waals surface area contributed by atoms with Crippen LogP contribution in [-0.4, -0.2) is 35.7 Å². The second-order valence-electron chi connectivity index (χ2n) is 8.59. The van der Waals surface area contributed by atoms with Crippen molar-refractivity contribution in [1.29, 1.82) is 5.26 Å². The fraction of sp³-hybridized carbons (Fsp3) is 0.138. The minimum Gasteiger partial charge on any atom is -0.434 e. The number of hydrogen-bond acceptors (Lipinski definition) is 8. The Labute approximate surface area is 221 Å². The van der Waals surface area contributed by atoms with E-state index in [-0.39, 0.29) is 0 Å². The second-order valence-corrected chi connectivity index (χ2v) is 8.59. The molecule has 5 rings (SSSR count). The van der Waals surface area contributed by atoms with Crippen molar-refractivity contribution in [1.82, 2.24) is 14.5 Å². The number of aromatic nitrogens is 3. The first-order valence-electron chi connectivity index (χ1n) is 12.2. The molecule has 0 aliphatic rings. The number of nitriles is 1. The standard InChI is InChI=1S/C29H28N8O/c1-31-22-15-24(32-2)26(25(16-22)33-3)38-28-23-13-14-37(18-20-7-5-4-6-8-20)27(23)35-29(36-28)34-21-11-9-19(17-30)10-12-21/h4-16,31-33H,18H2,1-3H3,(H,34,35,36). The van der Waals surface area contributed by atoms with Gasteiger partial charge < -0.3 is 30.6 Å². The van der Waals surface area contributed by atoms with Gasteiger partial charge in [0, 0.05) is 45.3 Å². The third-order valence-electron chi connectivity index (χ3n) is 6.16. The van der Waals surface area contributed by atoms with Crippen molar-refractivity contribution < 1.29 is 4.74 Å². The van der Waals surface area contributed by atoms with Crippen molar-refractivity contribution in [3.8, 4) is 17.7 Å². The highest BCUT2D eigenvalue weighted by Crippen LogP contribution is 2.41. The van der Waals surface area contributed by atoms with Crippen molar-refractivity contribution >= 4 is 39.7 Å². The Morgan fingerprint density at radius 2 is 1.55 bits per heavy atom. The summed E-state index contributed by atoms with van der Waals surface area (Å²) in [5.74, 6) is 1.42. The minimum absolute atomic E-state index is 0.383. The minimum atomic E-state index is 0.383. The number of anilines is 5. The van der Waals surface area contributed by atoms with E-state index in [4.69, 9.17) is 20.0 Å². The summed E-state index contributed by atoms with van der Waals surface area (Å²) < 4.78 is 8.59. The molecule has 0 aliphatic carbocycles. The van der Waals surface area contributed by atoms with Gasteiger partial charge in [-0.05, 0) is 48.0 Å². The first-order valence-corrected chi connectivity index (χ1v) is 12.2. The third-order valence-corrected chi connectivity index (χ3v) is 6.16. The molecule has 2 aromatic heterocycles. The van der Waals surface area contributed by atoms with Crippen molar-refractivity contribution in [2.24, 2.45) is 0 Å². The summed E-state index contributed by atoms with van der Waals surface area (Å²) >= 11 is 0. The van der Waals surface area contributed by atoms with Crippen LogP contribution in [0.25, 0.3) is 11.0 Å². The summed E-state index contributed by atoms with van der Waals surface area (Å²) in [4.78, 5) is 9.59. The fourth-order valence-corrected chi connectivity index (χ4v) is 4.19. The van der Waals surface area contributed by atoms with Gasteiger partial charge >= 0.3 is 0 Å². The average molecular weight is 505 g/mol. The molecular weight excluding hydrogens is 476 g/mol. The number of benzene rings is 3. The smallest absolute Gasteiger partial charge is 0.233 e.